The van der Waals surface area contributed by atoms with Crippen LogP contribution in [0.1, 0.15) is 68.6 Å². The van der Waals surface area contributed by atoms with Crippen molar-refractivity contribution >= 4 is 5.69 Å². The van der Waals surface area contributed by atoms with Gasteiger partial charge in [-0.3, -0.25) is 0 Å². The quantitative estimate of drug-likeness (QED) is 0.605. The highest BCUT2D eigenvalue weighted by Crippen LogP contribution is 2.37. The molecule has 2 rings (SSSR count). The first-order valence-electron chi connectivity index (χ1n) is 7.47. The van der Waals surface area contributed by atoms with Gasteiger partial charge >= 0.3 is 0 Å². The van der Waals surface area contributed by atoms with Gasteiger partial charge in [0, 0.05) is 17.7 Å². The lowest BCUT2D eigenvalue weighted by Gasteiger charge is -2.15. The summed E-state index contributed by atoms with van der Waals surface area (Å²) in [6.45, 7) is 6.56. The Morgan fingerprint density at radius 1 is 1.26 bits per heavy atom. The molecule has 102 valence electrons. The van der Waals surface area contributed by atoms with Crippen LogP contribution >= 0.6 is 0 Å². The lowest BCUT2D eigenvalue weighted by Crippen LogP contribution is -2.00. The van der Waals surface area contributed by atoms with Crippen molar-refractivity contribution in [3.8, 4) is 11.8 Å². The lowest BCUT2D eigenvalue weighted by molar-refractivity contribution is 0.676. The first kappa shape index (κ1) is 14.0. The highest BCUT2D eigenvalue weighted by Gasteiger charge is 2.19. The van der Waals surface area contributed by atoms with Crippen molar-refractivity contribution in [1.29, 1.82) is 0 Å². The van der Waals surface area contributed by atoms with E-state index in [0.717, 1.165) is 23.6 Å². The van der Waals surface area contributed by atoms with Gasteiger partial charge in [-0.05, 0) is 54.9 Å². The van der Waals surface area contributed by atoms with E-state index in [4.69, 9.17) is 5.73 Å². The van der Waals surface area contributed by atoms with Crippen LogP contribution < -0.4 is 5.73 Å². The molecular formula is C18H25N. The summed E-state index contributed by atoms with van der Waals surface area (Å²) in [5.41, 5.74) is 10.8. The fourth-order valence-corrected chi connectivity index (χ4v) is 2.88. The Labute approximate surface area is 117 Å². The lowest BCUT2D eigenvalue weighted by atomic mass is 9.91. The van der Waals surface area contributed by atoms with E-state index in [1.165, 1.54) is 36.8 Å². The van der Waals surface area contributed by atoms with Crippen LogP contribution in [0.25, 0.3) is 0 Å². The number of nitrogens with two attached hydrogens (primary N) is 1. The third kappa shape index (κ3) is 3.53. The topological polar surface area (TPSA) is 26.0 Å². The normalized spacial score (nSPS) is 15.6. The molecular weight excluding hydrogens is 230 g/mol. The number of hydrogen-bond donors (Lipinski definition) is 1. The molecule has 0 unspecified atom stereocenters. The van der Waals surface area contributed by atoms with Gasteiger partial charge in [-0.25, -0.2) is 0 Å². The highest BCUT2D eigenvalue weighted by atomic mass is 14.6. The maximum atomic E-state index is 6.10. The van der Waals surface area contributed by atoms with Crippen LogP contribution in [0.5, 0.6) is 0 Å². The van der Waals surface area contributed by atoms with Crippen LogP contribution in [0.2, 0.25) is 0 Å². The zero-order chi connectivity index (χ0) is 13.8. The Morgan fingerprint density at radius 2 is 1.95 bits per heavy atom. The van der Waals surface area contributed by atoms with Crippen molar-refractivity contribution in [2.75, 3.05) is 5.73 Å². The average Bonchev–Trinajstić information content (AvgIpc) is 2.85. The number of hydrogen-bond acceptors (Lipinski definition) is 1. The molecule has 0 atom stereocenters. The summed E-state index contributed by atoms with van der Waals surface area (Å²) in [5, 5.41) is 0. The summed E-state index contributed by atoms with van der Waals surface area (Å²) in [6, 6.07) is 4.35. The molecule has 19 heavy (non-hydrogen) atoms. The number of rotatable bonds is 2. The van der Waals surface area contributed by atoms with Gasteiger partial charge in [0.15, 0.2) is 0 Å². The Morgan fingerprint density at radius 3 is 2.58 bits per heavy atom. The van der Waals surface area contributed by atoms with E-state index in [1.807, 2.05) is 0 Å². The molecule has 1 heteroatoms. The summed E-state index contributed by atoms with van der Waals surface area (Å²) in [6.07, 6.45) is 6.31. The Kier molecular flexibility index (Phi) is 4.53. The predicted molar refractivity (Wildman–Crippen MR) is 83.1 cm³/mol. The molecule has 0 aliphatic heterocycles. The van der Waals surface area contributed by atoms with E-state index < -0.39 is 0 Å². The fourth-order valence-electron chi connectivity index (χ4n) is 2.88. The SMILES string of the molecule is Cc1cc(N)c(C#CCC(C)C)cc1C1CCCC1. The summed E-state index contributed by atoms with van der Waals surface area (Å²) < 4.78 is 0. The summed E-state index contributed by atoms with van der Waals surface area (Å²) >= 11 is 0. The fraction of sp³-hybridized carbons (Fsp3) is 0.556. The first-order valence-corrected chi connectivity index (χ1v) is 7.47. The Hall–Kier alpha value is -1.42. The Balaban J connectivity index is 2.27. The molecule has 0 amide bonds. The zero-order valence-electron chi connectivity index (χ0n) is 12.4. The van der Waals surface area contributed by atoms with Crippen LogP contribution in [-0.4, -0.2) is 0 Å². The van der Waals surface area contributed by atoms with Crippen molar-refractivity contribution < 1.29 is 0 Å². The maximum Gasteiger partial charge on any atom is 0.0477 e. The minimum atomic E-state index is 0.619. The molecule has 1 aromatic carbocycles. The van der Waals surface area contributed by atoms with Gasteiger partial charge in [-0.15, -0.1) is 0 Å². The average molecular weight is 255 g/mol. The summed E-state index contributed by atoms with van der Waals surface area (Å²) in [7, 11) is 0. The molecule has 0 bridgehead atoms. The van der Waals surface area contributed by atoms with Crippen molar-refractivity contribution in [3.05, 3.63) is 28.8 Å². The minimum absolute atomic E-state index is 0.619. The minimum Gasteiger partial charge on any atom is -0.398 e. The molecule has 1 aromatic rings. The van der Waals surface area contributed by atoms with Crippen molar-refractivity contribution in [1.82, 2.24) is 0 Å². The Bertz CT molecular complexity index is 496. The van der Waals surface area contributed by atoms with Gasteiger partial charge in [0.1, 0.15) is 0 Å². The van der Waals surface area contributed by atoms with Crippen molar-refractivity contribution in [2.24, 2.45) is 5.92 Å². The van der Waals surface area contributed by atoms with Crippen LogP contribution in [0.4, 0.5) is 5.69 Å². The van der Waals surface area contributed by atoms with Gasteiger partial charge in [-0.1, -0.05) is 38.5 Å². The zero-order valence-corrected chi connectivity index (χ0v) is 12.4. The van der Waals surface area contributed by atoms with E-state index in [1.54, 1.807) is 0 Å². The van der Waals surface area contributed by atoms with E-state index in [-0.39, 0.29) is 0 Å². The second kappa shape index (κ2) is 6.15. The standard InChI is InChI=1S/C18H25N/c1-13(2)7-6-10-16-12-17(14(3)11-18(16)19)15-8-4-5-9-15/h11-13,15H,4-5,7-9,19H2,1-3H3. The highest BCUT2D eigenvalue weighted by molar-refractivity contribution is 5.60. The predicted octanol–water partition coefficient (Wildman–Crippen LogP) is 4.63. The van der Waals surface area contributed by atoms with Crippen LogP contribution in [0.15, 0.2) is 12.1 Å². The molecule has 1 saturated carbocycles. The maximum absolute atomic E-state index is 6.10. The van der Waals surface area contributed by atoms with E-state index >= 15 is 0 Å². The van der Waals surface area contributed by atoms with E-state index in [9.17, 15) is 0 Å². The molecule has 0 heterocycles. The molecule has 0 radical (unpaired) electrons. The van der Waals surface area contributed by atoms with Gasteiger partial charge in [0.05, 0.1) is 0 Å². The third-order valence-corrected chi connectivity index (χ3v) is 3.97. The van der Waals surface area contributed by atoms with Gasteiger partial charge in [0.25, 0.3) is 0 Å². The van der Waals surface area contributed by atoms with Gasteiger partial charge in [0.2, 0.25) is 0 Å². The molecule has 1 aliphatic carbocycles. The van der Waals surface area contributed by atoms with Crippen LogP contribution in [-0.2, 0) is 0 Å². The molecule has 0 saturated heterocycles. The number of nitrogen functional groups attached to an aromatic ring is 1. The molecule has 0 aromatic heterocycles. The van der Waals surface area contributed by atoms with Crippen LogP contribution in [0.3, 0.4) is 0 Å². The molecule has 1 aliphatic rings. The molecule has 2 N–H and O–H groups in total. The number of anilines is 1. The number of aryl methyl sites for hydroxylation is 1. The summed E-state index contributed by atoms with van der Waals surface area (Å²) in [5.74, 6) is 7.86. The molecule has 1 fully saturated rings. The second-order valence-electron chi connectivity index (χ2n) is 6.18. The largest absolute Gasteiger partial charge is 0.398 e. The van der Waals surface area contributed by atoms with E-state index in [0.29, 0.717) is 5.92 Å². The van der Waals surface area contributed by atoms with Gasteiger partial charge < -0.3 is 5.73 Å². The van der Waals surface area contributed by atoms with Crippen LogP contribution in [0, 0.1) is 24.7 Å². The van der Waals surface area contributed by atoms with Crippen molar-refractivity contribution in [3.63, 3.8) is 0 Å². The monoisotopic (exact) mass is 255 g/mol. The summed E-state index contributed by atoms with van der Waals surface area (Å²) in [4.78, 5) is 0. The smallest absolute Gasteiger partial charge is 0.0477 e. The van der Waals surface area contributed by atoms with Gasteiger partial charge in [-0.2, -0.15) is 0 Å². The molecule has 1 nitrogen and oxygen atoms in total. The molecule has 0 spiro atoms. The number of benzene rings is 1. The van der Waals surface area contributed by atoms with Crippen molar-refractivity contribution in [2.45, 2.75) is 58.8 Å². The van der Waals surface area contributed by atoms with E-state index in [2.05, 4.69) is 44.7 Å². The first-order chi connectivity index (χ1) is 9.08. The second-order valence-corrected chi connectivity index (χ2v) is 6.18. The third-order valence-electron chi connectivity index (χ3n) is 3.97.